The Morgan fingerprint density at radius 3 is 2.35 bits per heavy atom. The highest BCUT2D eigenvalue weighted by Gasteiger charge is 2.74. The fraction of sp³-hybridized carbons (Fsp3) is 0.429. The molecule has 0 heterocycles. The van der Waals surface area contributed by atoms with Gasteiger partial charge in [0.15, 0.2) is 5.60 Å². The van der Waals surface area contributed by atoms with Crippen molar-refractivity contribution in [3.8, 4) is 0 Å². The van der Waals surface area contributed by atoms with Gasteiger partial charge in [-0.3, -0.25) is 9.59 Å². The van der Waals surface area contributed by atoms with Gasteiger partial charge in [-0.2, -0.15) is 0 Å². The van der Waals surface area contributed by atoms with Crippen molar-refractivity contribution in [3.05, 3.63) is 35.9 Å². The Balaban J connectivity index is 2.08. The number of hydrogen-bond acceptors (Lipinski definition) is 3. The second kappa shape index (κ2) is 4.08. The van der Waals surface area contributed by atoms with Gasteiger partial charge in [0.2, 0.25) is 12.6 Å². The van der Waals surface area contributed by atoms with Crippen LogP contribution < -0.4 is 0 Å². The topological polar surface area (TPSA) is 43.4 Å². The highest BCUT2D eigenvalue weighted by atomic mass is 16.5. The third kappa shape index (κ3) is 1.71. The zero-order chi connectivity index (χ0) is 12.5. The van der Waals surface area contributed by atoms with E-state index in [4.69, 9.17) is 4.74 Å². The maximum atomic E-state index is 11.1. The normalized spacial score (nSPS) is 29.6. The lowest BCUT2D eigenvalue weighted by Gasteiger charge is -2.13. The van der Waals surface area contributed by atoms with Crippen LogP contribution in [0.15, 0.2) is 30.3 Å². The first-order valence-corrected chi connectivity index (χ1v) is 5.53. The molecular weight excluding hydrogens is 216 g/mol. The highest BCUT2D eigenvalue weighted by Crippen LogP contribution is 2.61. The molecule has 1 fully saturated rings. The van der Waals surface area contributed by atoms with Crippen LogP contribution in [0, 0.1) is 11.3 Å². The van der Waals surface area contributed by atoms with Gasteiger partial charge in [0, 0.05) is 5.41 Å². The molecule has 0 aliphatic heterocycles. The van der Waals surface area contributed by atoms with Crippen LogP contribution >= 0.6 is 0 Å². The molecule has 0 amide bonds. The van der Waals surface area contributed by atoms with E-state index in [0.717, 1.165) is 5.56 Å². The zero-order valence-corrected chi connectivity index (χ0v) is 9.90. The molecular formula is C14H14O3. The van der Waals surface area contributed by atoms with E-state index in [2.05, 4.69) is 0 Å². The molecule has 2 radical (unpaired) electrons. The molecule has 1 aliphatic carbocycles. The molecule has 1 aromatic carbocycles. The van der Waals surface area contributed by atoms with Crippen LogP contribution in [0.2, 0.25) is 0 Å². The van der Waals surface area contributed by atoms with Crippen LogP contribution in [0.1, 0.15) is 19.4 Å². The van der Waals surface area contributed by atoms with Gasteiger partial charge < -0.3 is 4.74 Å². The van der Waals surface area contributed by atoms with Gasteiger partial charge in [0.25, 0.3) is 0 Å². The average molecular weight is 230 g/mol. The summed E-state index contributed by atoms with van der Waals surface area (Å²) in [4.78, 5) is 21.9. The molecule has 1 saturated carbocycles. The molecule has 1 aliphatic rings. The molecule has 2 unspecified atom stereocenters. The fourth-order valence-electron chi connectivity index (χ4n) is 2.21. The van der Waals surface area contributed by atoms with E-state index in [1.54, 1.807) is 0 Å². The summed E-state index contributed by atoms with van der Waals surface area (Å²) in [7, 11) is 0. The number of ether oxygens (including phenoxy) is 1. The van der Waals surface area contributed by atoms with E-state index in [1.807, 2.05) is 56.8 Å². The lowest BCUT2D eigenvalue weighted by atomic mass is 10.1. The number of benzene rings is 1. The first kappa shape index (κ1) is 12.0. The van der Waals surface area contributed by atoms with Crippen LogP contribution in [0.3, 0.4) is 0 Å². The highest BCUT2D eigenvalue weighted by molar-refractivity contribution is 5.83. The summed E-state index contributed by atoms with van der Waals surface area (Å²) in [5.41, 5.74) is -0.662. The second-order valence-electron chi connectivity index (χ2n) is 4.88. The quantitative estimate of drug-likeness (QED) is 0.775. The predicted molar refractivity (Wildman–Crippen MR) is 62.6 cm³/mol. The molecule has 0 bridgehead atoms. The third-order valence-corrected chi connectivity index (χ3v) is 3.58. The first-order valence-electron chi connectivity index (χ1n) is 5.53. The van der Waals surface area contributed by atoms with Gasteiger partial charge in [0.05, 0.1) is 12.5 Å². The molecule has 0 N–H and O–H groups in total. The maximum Gasteiger partial charge on any atom is 0.234 e. The minimum Gasteiger partial charge on any atom is -0.361 e. The molecule has 0 aromatic heterocycles. The number of hydrogen-bond donors (Lipinski definition) is 0. The van der Waals surface area contributed by atoms with Crippen molar-refractivity contribution in [2.45, 2.75) is 26.1 Å². The Bertz CT molecular complexity index is 424. The van der Waals surface area contributed by atoms with E-state index in [9.17, 15) is 9.59 Å². The summed E-state index contributed by atoms with van der Waals surface area (Å²) >= 11 is 0. The molecule has 2 rings (SSSR count). The van der Waals surface area contributed by atoms with Gasteiger partial charge in [0.1, 0.15) is 0 Å². The summed E-state index contributed by atoms with van der Waals surface area (Å²) in [5.74, 6) is -0.517. The summed E-state index contributed by atoms with van der Waals surface area (Å²) in [5, 5.41) is 0. The van der Waals surface area contributed by atoms with Gasteiger partial charge in [-0.15, -0.1) is 0 Å². The van der Waals surface area contributed by atoms with Crippen molar-refractivity contribution >= 4 is 12.6 Å². The minimum atomic E-state index is -1.12. The largest absolute Gasteiger partial charge is 0.361 e. The number of carbonyl (C=O) groups excluding carboxylic acids is 2. The van der Waals surface area contributed by atoms with Crippen LogP contribution in [-0.2, 0) is 20.9 Å². The second-order valence-corrected chi connectivity index (χ2v) is 4.88. The molecule has 0 saturated heterocycles. The van der Waals surface area contributed by atoms with E-state index in [1.165, 1.54) is 0 Å². The SMILES string of the molecule is CC1(C)C([C]=O)C1([C]=O)OCc1ccccc1. The van der Waals surface area contributed by atoms with Crippen molar-refractivity contribution in [1.29, 1.82) is 0 Å². The van der Waals surface area contributed by atoms with E-state index < -0.39 is 16.9 Å². The molecule has 1 aromatic rings. The van der Waals surface area contributed by atoms with Crippen molar-refractivity contribution in [2.24, 2.45) is 11.3 Å². The van der Waals surface area contributed by atoms with E-state index in [0.29, 0.717) is 6.61 Å². The monoisotopic (exact) mass is 230 g/mol. The Kier molecular flexibility index (Phi) is 2.87. The Labute approximate surface area is 101 Å². The Morgan fingerprint density at radius 1 is 1.24 bits per heavy atom. The molecule has 3 nitrogen and oxygen atoms in total. The predicted octanol–water partition coefficient (Wildman–Crippen LogP) is 1.82. The lowest BCUT2D eigenvalue weighted by molar-refractivity contribution is 0.0381. The van der Waals surface area contributed by atoms with Crippen LogP contribution in [-0.4, -0.2) is 18.2 Å². The van der Waals surface area contributed by atoms with Crippen LogP contribution in [0.25, 0.3) is 0 Å². The van der Waals surface area contributed by atoms with Crippen molar-refractivity contribution in [3.63, 3.8) is 0 Å². The zero-order valence-electron chi connectivity index (χ0n) is 9.90. The van der Waals surface area contributed by atoms with Crippen molar-refractivity contribution in [2.75, 3.05) is 0 Å². The van der Waals surface area contributed by atoms with Gasteiger partial charge >= 0.3 is 0 Å². The van der Waals surface area contributed by atoms with Gasteiger partial charge in [-0.1, -0.05) is 44.2 Å². The van der Waals surface area contributed by atoms with Crippen LogP contribution in [0.5, 0.6) is 0 Å². The van der Waals surface area contributed by atoms with E-state index >= 15 is 0 Å². The van der Waals surface area contributed by atoms with Crippen molar-refractivity contribution in [1.82, 2.24) is 0 Å². The molecule has 2 atom stereocenters. The summed E-state index contributed by atoms with van der Waals surface area (Å²) in [6.07, 6.45) is 3.75. The van der Waals surface area contributed by atoms with Crippen LogP contribution in [0.4, 0.5) is 0 Å². The third-order valence-electron chi connectivity index (χ3n) is 3.58. The number of rotatable bonds is 5. The summed E-state index contributed by atoms with van der Waals surface area (Å²) in [6, 6.07) is 9.53. The van der Waals surface area contributed by atoms with Gasteiger partial charge in [-0.05, 0) is 5.56 Å². The maximum absolute atomic E-state index is 11.1. The smallest absolute Gasteiger partial charge is 0.234 e. The Hall–Kier alpha value is -1.48. The van der Waals surface area contributed by atoms with Gasteiger partial charge in [-0.25, -0.2) is 0 Å². The lowest BCUT2D eigenvalue weighted by Crippen LogP contribution is -2.23. The van der Waals surface area contributed by atoms with E-state index in [-0.39, 0.29) is 0 Å². The summed E-state index contributed by atoms with van der Waals surface area (Å²) < 4.78 is 5.61. The minimum absolute atomic E-state index is 0.303. The molecule has 3 heteroatoms. The first-order chi connectivity index (χ1) is 8.08. The molecule has 88 valence electrons. The fourth-order valence-corrected chi connectivity index (χ4v) is 2.21. The molecule has 0 spiro atoms. The summed E-state index contributed by atoms with van der Waals surface area (Å²) in [6.45, 7) is 3.94. The van der Waals surface area contributed by atoms with Crippen molar-refractivity contribution < 1.29 is 14.3 Å². The average Bonchev–Trinajstić information content (AvgIpc) is 2.83. The Morgan fingerprint density at radius 2 is 1.88 bits per heavy atom. The standard InChI is InChI=1S/C14H14O3/c1-13(2)12(8-15)14(13,10-16)17-9-11-6-4-3-5-7-11/h3-7,12H,9H2,1-2H3. The molecule has 17 heavy (non-hydrogen) atoms.